The summed E-state index contributed by atoms with van der Waals surface area (Å²) in [5, 5.41) is 12.1. The second kappa shape index (κ2) is 5.45. The molecule has 0 saturated heterocycles. The Morgan fingerprint density at radius 1 is 1.42 bits per heavy atom. The zero-order chi connectivity index (χ0) is 14.2. The molecule has 0 amide bonds. The SMILES string of the molecule is CC(C)(C)C1CCC(C(=O)O)C(c2sccc2Cl)C1. The van der Waals surface area contributed by atoms with Crippen LogP contribution in [0.5, 0.6) is 0 Å². The number of carboxylic acids is 1. The minimum atomic E-state index is -0.679. The minimum absolute atomic E-state index is 0.0722. The summed E-state index contributed by atoms with van der Waals surface area (Å²) in [4.78, 5) is 12.5. The third kappa shape index (κ3) is 3.14. The summed E-state index contributed by atoms with van der Waals surface area (Å²) >= 11 is 7.82. The van der Waals surface area contributed by atoms with E-state index in [2.05, 4.69) is 20.8 Å². The number of hydrogen-bond acceptors (Lipinski definition) is 2. The Morgan fingerprint density at radius 3 is 2.58 bits per heavy atom. The predicted octanol–water partition coefficient (Wildman–Crippen LogP) is 5.03. The van der Waals surface area contributed by atoms with Gasteiger partial charge in [-0.25, -0.2) is 0 Å². The second-order valence-corrected chi connectivity index (χ2v) is 7.91. The number of carbonyl (C=O) groups is 1. The molecule has 3 unspecified atom stereocenters. The summed E-state index contributed by atoms with van der Waals surface area (Å²) in [6.07, 6.45) is 2.69. The van der Waals surface area contributed by atoms with Crippen molar-refractivity contribution in [3.8, 4) is 0 Å². The Hall–Kier alpha value is -0.540. The number of aliphatic carboxylic acids is 1. The number of halogens is 1. The summed E-state index contributed by atoms with van der Waals surface area (Å²) in [7, 11) is 0. The van der Waals surface area contributed by atoms with Gasteiger partial charge in [0.05, 0.1) is 10.9 Å². The molecule has 2 rings (SSSR count). The first-order valence-corrected chi connectivity index (χ1v) is 8.02. The molecule has 19 heavy (non-hydrogen) atoms. The molecular formula is C15H21ClO2S. The van der Waals surface area contributed by atoms with E-state index in [-0.39, 0.29) is 17.3 Å². The molecule has 1 fully saturated rings. The molecule has 1 aromatic rings. The van der Waals surface area contributed by atoms with Crippen molar-refractivity contribution in [3.05, 3.63) is 21.3 Å². The molecule has 1 saturated carbocycles. The number of thiophene rings is 1. The third-order valence-electron chi connectivity index (χ3n) is 4.37. The van der Waals surface area contributed by atoms with Crippen LogP contribution in [0.4, 0.5) is 0 Å². The van der Waals surface area contributed by atoms with E-state index < -0.39 is 5.97 Å². The first-order chi connectivity index (χ1) is 8.80. The zero-order valence-electron chi connectivity index (χ0n) is 11.6. The van der Waals surface area contributed by atoms with Crippen LogP contribution in [0.25, 0.3) is 0 Å². The normalized spacial score (nSPS) is 28.3. The van der Waals surface area contributed by atoms with Crippen LogP contribution in [0.3, 0.4) is 0 Å². The van der Waals surface area contributed by atoms with Gasteiger partial charge < -0.3 is 5.11 Å². The van der Waals surface area contributed by atoms with Crippen molar-refractivity contribution in [1.82, 2.24) is 0 Å². The monoisotopic (exact) mass is 300 g/mol. The fourth-order valence-corrected chi connectivity index (χ4v) is 4.49. The van der Waals surface area contributed by atoms with E-state index in [4.69, 9.17) is 11.6 Å². The molecule has 1 aromatic heterocycles. The summed E-state index contributed by atoms with van der Waals surface area (Å²) in [6, 6.07) is 1.88. The van der Waals surface area contributed by atoms with Crippen molar-refractivity contribution < 1.29 is 9.90 Å². The Balaban J connectivity index is 2.28. The standard InChI is InChI=1S/C15H21ClO2S/c1-15(2,3)9-4-5-10(14(17)18)11(8-9)13-12(16)6-7-19-13/h6-7,9-11H,4-5,8H2,1-3H3,(H,17,18). The van der Waals surface area contributed by atoms with E-state index >= 15 is 0 Å². The van der Waals surface area contributed by atoms with Crippen LogP contribution in [0.2, 0.25) is 5.02 Å². The summed E-state index contributed by atoms with van der Waals surface area (Å²) < 4.78 is 0. The van der Waals surface area contributed by atoms with Gasteiger partial charge in [-0.1, -0.05) is 32.4 Å². The van der Waals surface area contributed by atoms with Gasteiger partial charge in [-0.2, -0.15) is 0 Å². The second-order valence-electron chi connectivity index (χ2n) is 6.56. The summed E-state index contributed by atoms with van der Waals surface area (Å²) in [5.41, 5.74) is 0.228. The fourth-order valence-electron chi connectivity index (χ4n) is 3.11. The molecule has 1 heterocycles. The molecule has 0 aromatic carbocycles. The van der Waals surface area contributed by atoms with Gasteiger partial charge in [0, 0.05) is 10.8 Å². The molecular weight excluding hydrogens is 280 g/mol. The maximum atomic E-state index is 11.5. The summed E-state index contributed by atoms with van der Waals surface area (Å²) in [6.45, 7) is 6.73. The number of hydrogen-bond donors (Lipinski definition) is 1. The van der Waals surface area contributed by atoms with E-state index in [1.165, 1.54) is 0 Å². The lowest BCUT2D eigenvalue weighted by Crippen LogP contribution is -2.34. The van der Waals surface area contributed by atoms with Crippen LogP contribution in [0.1, 0.15) is 50.8 Å². The van der Waals surface area contributed by atoms with Gasteiger partial charge >= 0.3 is 5.97 Å². The third-order valence-corrected chi connectivity index (χ3v) is 5.86. The van der Waals surface area contributed by atoms with E-state index in [0.29, 0.717) is 5.92 Å². The van der Waals surface area contributed by atoms with Gasteiger partial charge in [-0.05, 0) is 42.0 Å². The molecule has 106 valence electrons. The predicted molar refractivity (Wildman–Crippen MR) is 80.0 cm³/mol. The van der Waals surface area contributed by atoms with Crippen molar-refractivity contribution in [2.45, 2.75) is 46.0 Å². The summed E-state index contributed by atoms with van der Waals surface area (Å²) in [5.74, 6) is -0.328. The highest BCUT2D eigenvalue weighted by molar-refractivity contribution is 7.10. The maximum Gasteiger partial charge on any atom is 0.307 e. The first-order valence-electron chi connectivity index (χ1n) is 6.76. The van der Waals surface area contributed by atoms with Crippen molar-refractivity contribution in [1.29, 1.82) is 0 Å². The minimum Gasteiger partial charge on any atom is -0.481 e. The highest BCUT2D eigenvalue weighted by Gasteiger charge is 2.40. The Morgan fingerprint density at radius 2 is 2.11 bits per heavy atom. The van der Waals surface area contributed by atoms with Crippen molar-refractivity contribution >= 4 is 28.9 Å². The maximum absolute atomic E-state index is 11.5. The topological polar surface area (TPSA) is 37.3 Å². The van der Waals surface area contributed by atoms with Crippen LogP contribution >= 0.6 is 22.9 Å². The highest BCUT2D eigenvalue weighted by atomic mass is 35.5. The molecule has 0 spiro atoms. The van der Waals surface area contributed by atoms with Crippen LogP contribution in [-0.4, -0.2) is 11.1 Å². The van der Waals surface area contributed by atoms with Crippen molar-refractivity contribution in [3.63, 3.8) is 0 Å². The van der Waals surface area contributed by atoms with Gasteiger partial charge in [0.2, 0.25) is 0 Å². The van der Waals surface area contributed by atoms with Gasteiger partial charge in [0.15, 0.2) is 0 Å². The van der Waals surface area contributed by atoms with Crippen LogP contribution in [-0.2, 0) is 4.79 Å². The highest BCUT2D eigenvalue weighted by Crippen LogP contribution is 2.49. The van der Waals surface area contributed by atoms with Crippen molar-refractivity contribution in [2.24, 2.45) is 17.3 Å². The molecule has 3 atom stereocenters. The zero-order valence-corrected chi connectivity index (χ0v) is 13.2. The fraction of sp³-hybridized carbons (Fsp3) is 0.667. The molecule has 0 aliphatic heterocycles. The first kappa shape index (κ1) is 14.9. The van der Waals surface area contributed by atoms with Crippen molar-refractivity contribution in [2.75, 3.05) is 0 Å². The molecule has 0 radical (unpaired) electrons. The van der Waals surface area contributed by atoms with Crippen LogP contribution in [0.15, 0.2) is 11.4 Å². The molecule has 1 aliphatic rings. The smallest absolute Gasteiger partial charge is 0.307 e. The molecule has 0 bridgehead atoms. The lowest BCUT2D eigenvalue weighted by atomic mass is 9.65. The molecule has 1 aliphatic carbocycles. The average molecular weight is 301 g/mol. The average Bonchev–Trinajstić information content (AvgIpc) is 2.73. The van der Waals surface area contributed by atoms with E-state index in [1.54, 1.807) is 11.3 Å². The van der Waals surface area contributed by atoms with E-state index in [1.807, 2.05) is 11.4 Å². The van der Waals surface area contributed by atoms with E-state index in [9.17, 15) is 9.90 Å². The quantitative estimate of drug-likeness (QED) is 0.831. The van der Waals surface area contributed by atoms with Gasteiger partial charge in [-0.3, -0.25) is 4.79 Å². The number of rotatable bonds is 2. The Bertz CT molecular complexity index is 461. The molecule has 1 N–H and O–H groups in total. The number of carboxylic acid groups (broad SMARTS) is 1. The van der Waals surface area contributed by atoms with Gasteiger partial charge in [-0.15, -0.1) is 11.3 Å². The Kier molecular flexibility index (Phi) is 4.26. The van der Waals surface area contributed by atoms with Gasteiger partial charge in [0.25, 0.3) is 0 Å². The lowest BCUT2D eigenvalue weighted by Gasteiger charge is -2.40. The Labute approximate surface area is 123 Å². The van der Waals surface area contributed by atoms with Crippen LogP contribution in [0, 0.1) is 17.3 Å². The lowest BCUT2D eigenvalue weighted by molar-refractivity contribution is -0.144. The van der Waals surface area contributed by atoms with Gasteiger partial charge in [0.1, 0.15) is 0 Å². The van der Waals surface area contributed by atoms with Crippen LogP contribution < -0.4 is 0 Å². The molecule has 2 nitrogen and oxygen atoms in total. The largest absolute Gasteiger partial charge is 0.481 e. The van der Waals surface area contributed by atoms with E-state index in [0.717, 1.165) is 29.2 Å². The molecule has 4 heteroatoms.